The van der Waals surface area contributed by atoms with E-state index in [-0.39, 0.29) is 0 Å². The van der Waals surface area contributed by atoms with Gasteiger partial charge in [-0.1, -0.05) is 36.4 Å². The monoisotopic (exact) mass is 278 g/mol. The molecule has 0 aliphatic carbocycles. The molecule has 0 radical (unpaired) electrons. The van der Waals surface area contributed by atoms with Gasteiger partial charge in [-0.25, -0.2) is 0 Å². The molecular formula is C17H18N4. The predicted octanol–water partition coefficient (Wildman–Crippen LogP) is 3.18. The summed E-state index contributed by atoms with van der Waals surface area (Å²) in [6.45, 7) is 2.79. The van der Waals surface area contributed by atoms with Crippen LogP contribution in [0, 0.1) is 6.92 Å². The molecule has 0 amide bonds. The van der Waals surface area contributed by atoms with E-state index in [2.05, 4.69) is 39.8 Å². The first-order chi connectivity index (χ1) is 10.2. The van der Waals surface area contributed by atoms with Gasteiger partial charge in [0.25, 0.3) is 0 Å². The number of rotatable bonds is 4. The molecule has 0 aliphatic heterocycles. The Morgan fingerprint density at radius 2 is 1.67 bits per heavy atom. The Kier molecular flexibility index (Phi) is 3.69. The molecule has 0 unspecified atom stereocenters. The van der Waals surface area contributed by atoms with Gasteiger partial charge in [-0.15, -0.1) is 5.10 Å². The molecule has 21 heavy (non-hydrogen) atoms. The maximum atomic E-state index is 5.69. The second-order valence-electron chi connectivity index (χ2n) is 5.10. The lowest BCUT2D eigenvalue weighted by molar-refractivity contribution is 0.960. The van der Waals surface area contributed by atoms with Crippen LogP contribution in [0.5, 0.6) is 0 Å². The molecular weight excluding hydrogens is 260 g/mol. The van der Waals surface area contributed by atoms with Gasteiger partial charge < -0.3 is 11.1 Å². The number of benzene rings is 2. The van der Waals surface area contributed by atoms with Crippen molar-refractivity contribution in [3.8, 4) is 0 Å². The van der Waals surface area contributed by atoms with Gasteiger partial charge in [0.1, 0.15) is 0 Å². The fraction of sp³-hybridized carbons (Fsp3) is 0.176. The molecule has 3 rings (SSSR count). The summed E-state index contributed by atoms with van der Waals surface area (Å²) in [5, 5.41) is 14.1. The maximum absolute atomic E-state index is 5.69. The van der Waals surface area contributed by atoms with E-state index in [1.165, 1.54) is 5.56 Å². The fourth-order valence-corrected chi connectivity index (χ4v) is 2.38. The quantitative estimate of drug-likeness (QED) is 0.719. The number of aryl methyl sites for hydroxylation is 1. The second-order valence-corrected chi connectivity index (χ2v) is 5.10. The summed E-state index contributed by atoms with van der Waals surface area (Å²) < 4.78 is 0. The zero-order valence-corrected chi connectivity index (χ0v) is 12.0. The van der Waals surface area contributed by atoms with Crippen LogP contribution in [0.2, 0.25) is 0 Å². The third-order valence-electron chi connectivity index (χ3n) is 3.56. The standard InChI is InChI=1S/C17H18N4/c1-12-15-4-2-3-5-16(15)17(21-20-12)19-11-10-13-6-8-14(18)9-7-13/h2-9H,10-11,18H2,1H3,(H,19,21). The van der Waals surface area contributed by atoms with Gasteiger partial charge >= 0.3 is 0 Å². The lowest BCUT2D eigenvalue weighted by Gasteiger charge is -2.09. The summed E-state index contributed by atoms with van der Waals surface area (Å²) in [4.78, 5) is 0. The van der Waals surface area contributed by atoms with Crippen LogP contribution < -0.4 is 11.1 Å². The first-order valence-electron chi connectivity index (χ1n) is 7.04. The van der Waals surface area contributed by atoms with Crippen molar-refractivity contribution in [2.75, 3.05) is 17.6 Å². The van der Waals surface area contributed by atoms with Crippen LogP contribution in [-0.4, -0.2) is 16.7 Å². The lowest BCUT2D eigenvalue weighted by Crippen LogP contribution is -2.08. The molecule has 3 N–H and O–H groups in total. The minimum atomic E-state index is 0.794. The van der Waals surface area contributed by atoms with Gasteiger partial charge in [-0.3, -0.25) is 0 Å². The van der Waals surface area contributed by atoms with Crippen molar-refractivity contribution < 1.29 is 0 Å². The summed E-state index contributed by atoms with van der Waals surface area (Å²) in [7, 11) is 0. The Balaban J connectivity index is 1.74. The zero-order valence-electron chi connectivity index (χ0n) is 12.0. The summed E-state index contributed by atoms with van der Waals surface area (Å²) in [5.74, 6) is 0.839. The highest BCUT2D eigenvalue weighted by atomic mass is 15.2. The maximum Gasteiger partial charge on any atom is 0.156 e. The Morgan fingerprint density at radius 1 is 0.952 bits per heavy atom. The van der Waals surface area contributed by atoms with Gasteiger partial charge in [0.2, 0.25) is 0 Å². The van der Waals surface area contributed by atoms with Crippen molar-refractivity contribution in [1.29, 1.82) is 0 Å². The number of hydrogen-bond donors (Lipinski definition) is 2. The molecule has 0 spiro atoms. The van der Waals surface area contributed by atoms with E-state index in [1.807, 2.05) is 31.2 Å². The summed E-state index contributed by atoms with van der Waals surface area (Å²) in [6, 6.07) is 16.1. The molecule has 1 heterocycles. The van der Waals surface area contributed by atoms with Gasteiger partial charge in [-0.2, -0.15) is 5.10 Å². The van der Waals surface area contributed by atoms with E-state index in [1.54, 1.807) is 0 Å². The lowest BCUT2D eigenvalue weighted by atomic mass is 10.1. The van der Waals surface area contributed by atoms with Gasteiger partial charge in [0.05, 0.1) is 5.69 Å². The van der Waals surface area contributed by atoms with Crippen molar-refractivity contribution in [2.24, 2.45) is 0 Å². The van der Waals surface area contributed by atoms with Crippen molar-refractivity contribution in [3.05, 3.63) is 59.8 Å². The van der Waals surface area contributed by atoms with E-state index in [4.69, 9.17) is 5.73 Å². The minimum Gasteiger partial charge on any atom is -0.399 e. The molecule has 0 saturated carbocycles. The van der Waals surface area contributed by atoms with Gasteiger partial charge in [0, 0.05) is 23.0 Å². The third kappa shape index (κ3) is 2.94. The number of nitrogens with zero attached hydrogens (tertiary/aromatic N) is 2. The first-order valence-corrected chi connectivity index (χ1v) is 7.04. The van der Waals surface area contributed by atoms with E-state index in [0.29, 0.717) is 0 Å². The van der Waals surface area contributed by atoms with Crippen molar-refractivity contribution in [3.63, 3.8) is 0 Å². The number of anilines is 2. The Bertz CT molecular complexity index is 750. The average Bonchev–Trinajstić information content (AvgIpc) is 2.52. The summed E-state index contributed by atoms with van der Waals surface area (Å²) in [6.07, 6.45) is 0.921. The Hall–Kier alpha value is -2.62. The molecule has 0 bridgehead atoms. The average molecular weight is 278 g/mol. The van der Waals surface area contributed by atoms with Gasteiger partial charge in [-0.05, 0) is 31.0 Å². The predicted molar refractivity (Wildman–Crippen MR) is 87.3 cm³/mol. The van der Waals surface area contributed by atoms with Crippen LogP contribution in [0.1, 0.15) is 11.3 Å². The highest BCUT2D eigenvalue weighted by Crippen LogP contribution is 2.22. The molecule has 2 aromatic carbocycles. The number of aromatic nitrogens is 2. The molecule has 4 nitrogen and oxygen atoms in total. The Morgan fingerprint density at radius 3 is 2.43 bits per heavy atom. The molecule has 0 atom stereocenters. The number of fused-ring (bicyclic) bond motifs is 1. The van der Waals surface area contributed by atoms with E-state index >= 15 is 0 Å². The van der Waals surface area contributed by atoms with E-state index in [9.17, 15) is 0 Å². The molecule has 0 saturated heterocycles. The molecule has 106 valence electrons. The SMILES string of the molecule is Cc1nnc(NCCc2ccc(N)cc2)c2ccccc12. The van der Waals surface area contributed by atoms with Crippen LogP contribution in [0.15, 0.2) is 48.5 Å². The fourth-order valence-electron chi connectivity index (χ4n) is 2.38. The van der Waals surface area contributed by atoms with Gasteiger partial charge in [0.15, 0.2) is 5.82 Å². The smallest absolute Gasteiger partial charge is 0.156 e. The third-order valence-corrected chi connectivity index (χ3v) is 3.56. The summed E-state index contributed by atoms with van der Waals surface area (Å²) in [5.41, 5.74) is 8.69. The highest BCUT2D eigenvalue weighted by Gasteiger charge is 2.05. The zero-order chi connectivity index (χ0) is 14.7. The van der Waals surface area contributed by atoms with E-state index in [0.717, 1.165) is 40.9 Å². The molecule has 0 fully saturated rings. The largest absolute Gasteiger partial charge is 0.399 e. The first kappa shape index (κ1) is 13.4. The van der Waals surface area contributed by atoms with Crippen LogP contribution in [0.25, 0.3) is 10.8 Å². The van der Waals surface area contributed by atoms with Crippen LogP contribution in [0.3, 0.4) is 0 Å². The van der Waals surface area contributed by atoms with Crippen molar-refractivity contribution in [2.45, 2.75) is 13.3 Å². The molecule has 4 heteroatoms. The number of nitrogen functional groups attached to an aromatic ring is 1. The molecule has 1 aromatic heterocycles. The van der Waals surface area contributed by atoms with Crippen molar-refractivity contribution in [1.82, 2.24) is 10.2 Å². The van der Waals surface area contributed by atoms with Crippen LogP contribution >= 0.6 is 0 Å². The Labute approximate surface area is 124 Å². The minimum absolute atomic E-state index is 0.794. The van der Waals surface area contributed by atoms with Crippen molar-refractivity contribution >= 4 is 22.3 Å². The van der Waals surface area contributed by atoms with Crippen LogP contribution in [0.4, 0.5) is 11.5 Å². The van der Waals surface area contributed by atoms with Crippen LogP contribution in [-0.2, 0) is 6.42 Å². The molecule has 0 aliphatic rings. The number of hydrogen-bond acceptors (Lipinski definition) is 4. The van der Waals surface area contributed by atoms with E-state index < -0.39 is 0 Å². The normalized spacial score (nSPS) is 10.7. The molecule has 3 aromatic rings. The highest BCUT2D eigenvalue weighted by molar-refractivity contribution is 5.92. The number of nitrogens with two attached hydrogens (primary N) is 1. The number of nitrogens with one attached hydrogen (secondary N) is 1. The topological polar surface area (TPSA) is 63.8 Å². The second kappa shape index (κ2) is 5.79. The summed E-state index contributed by atoms with van der Waals surface area (Å²) >= 11 is 0.